The van der Waals surface area contributed by atoms with Crippen LogP contribution in [0.4, 0.5) is 10.1 Å². The van der Waals surface area contributed by atoms with Crippen molar-refractivity contribution in [3.63, 3.8) is 0 Å². The number of rotatable bonds is 5. The summed E-state index contributed by atoms with van der Waals surface area (Å²) in [5.74, 6) is -0.712. The molecule has 2 aromatic rings. The predicted octanol–water partition coefficient (Wildman–Crippen LogP) is 4.09. The number of carbonyl (C=O) groups is 1. The number of hydrogen-bond donors (Lipinski definition) is 0. The molecule has 1 aliphatic rings. The summed E-state index contributed by atoms with van der Waals surface area (Å²) in [6, 6.07) is 14.5. The molecular weight excluding hydrogens is 401 g/mol. The molecule has 0 bridgehead atoms. The summed E-state index contributed by atoms with van der Waals surface area (Å²) in [6.07, 6.45) is 2.74. The smallest absolute Gasteiger partial charge is 0.330 e. The lowest BCUT2D eigenvalue weighted by molar-refractivity contribution is -0.139. The van der Waals surface area contributed by atoms with Gasteiger partial charge in [-0.25, -0.2) is 9.18 Å². The van der Waals surface area contributed by atoms with Crippen LogP contribution in [-0.2, 0) is 20.9 Å². The third-order valence-electron chi connectivity index (χ3n) is 4.01. The zero-order valence-corrected chi connectivity index (χ0v) is 15.7. The number of esters is 1. The Labute approximate surface area is 160 Å². The standard InChI is InChI=1S/C20H19BrFNO3/c21-16-6-8-19(18(22)12-16)23-10-11-25-17(13-23)7-9-20(24)26-14-15-4-2-1-3-5-15/h1-9,12,17H,10-11,13-14H2/b9-7+. The van der Waals surface area contributed by atoms with E-state index < -0.39 is 5.97 Å². The van der Waals surface area contributed by atoms with Gasteiger partial charge in [0.25, 0.3) is 0 Å². The van der Waals surface area contributed by atoms with Gasteiger partial charge < -0.3 is 14.4 Å². The summed E-state index contributed by atoms with van der Waals surface area (Å²) in [5.41, 5.74) is 1.46. The zero-order valence-electron chi connectivity index (χ0n) is 14.1. The monoisotopic (exact) mass is 419 g/mol. The average molecular weight is 420 g/mol. The van der Waals surface area contributed by atoms with Crippen LogP contribution in [0, 0.1) is 5.82 Å². The molecule has 26 heavy (non-hydrogen) atoms. The van der Waals surface area contributed by atoms with Crippen molar-refractivity contribution in [3.8, 4) is 0 Å². The van der Waals surface area contributed by atoms with Crippen molar-refractivity contribution < 1.29 is 18.7 Å². The number of anilines is 1. The van der Waals surface area contributed by atoms with Crippen LogP contribution in [0.15, 0.2) is 65.2 Å². The Morgan fingerprint density at radius 1 is 1.31 bits per heavy atom. The maximum absolute atomic E-state index is 14.1. The fraction of sp³-hybridized carbons (Fsp3) is 0.250. The lowest BCUT2D eigenvalue weighted by atomic mass is 10.2. The van der Waals surface area contributed by atoms with Crippen molar-refractivity contribution in [3.05, 3.63) is 76.5 Å². The highest BCUT2D eigenvalue weighted by molar-refractivity contribution is 9.10. The molecule has 0 aliphatic carbocycles. The number of ether oxygens (including phenoxy) is 2. The summed E-state index contributed by atoms with van der Waals surface area (Å²) in [5, 5.41) is 0. The first kappa shape index (κ1) is 18.6. The van der Waals surface area contributed by atoms with Crippen molar-refractivity contribution in [2.75, 3.05) is 24.6 Å². The largest absolute Gasteiger partial charge is 0.458 e. The summed E-state index contributed by atoms with van der Waals surface area (Å²) in [7, 11) is 0. The van der Waals surface area contributed by atoms with E-state index in [0.717, 1.165) is 5.56 Å². The van der Waals surface area contributed by atoms with Gasteiger partial charge in [0, 0.05) is 23.6 Å². The van der Waals surface area contributed by atoms with Crippen LogP contribution in [0.3, 0.4) is 0 Å². The van der Waals surface area contributed by atoms with Gasteiger partial charge in [0.2, 0.25) is 0 Å². The van der Waals surface area contributed by atoms with Crippen molar-refractivity contribution in [1.82, 2.24) is 0 Å². The summed E-state index contributed by atoms with van der Waals surface area (Å²) >= 11 is 3.26. The number of benzene rings is 2. The molecule has 3 rings (SSSR count). The topological polar surface area (TPSA) is 38.8 Å². The van der Waals surface area contributed by atoms with Crippen molar-refractivity contribution in [2.45, 2.75) is 12.7 Å². The molecule has 0 N–H and O–H groups in total. The van der Waals surface area contributed by atoms with E-state index in [1.54, 1.807) is 18.2 Å². The number of halogens is 2. The van der Waals surface area contributed by atoms with Gasteiger partial charge in [-0.3, -0.25) is 0 Å². The van der Waals surface area contributed by atoms with Gasteiger partial charge in [0.05, 0.1) is 18.4 Å². The fourth-order valence-corrected chi connectivity index (χ4v) is 3.04. The van der Waals surface area contributed by atoms with E-state index in [9.17, 15) is 9.18 Å². The molecule has 1 aliphatic heterocycles. The van der Waals surface area contributed by atoms with E-state index in [0.29, 0.717) is 29.9 Å². The second-order valence-electron chi connectivity index (χ2n) is 5.90. The Bertz CT molecular complexity index is 782. The molecule has 6 heteroatoms. The molecule has 1 heterocycles. The second kappa shape index (κ2) is 8.96. The Kier molecular flexibility index (Phi) is 6.41. The minimum Gasteiger partial charge on any atom is -0.458 e. The molecule has 0 radical (unpaired) electrons. The average Bonchev–Trinajstić information content (AvgIpc) is 2.66. The molecule has 1 atom stereocenters. The van der Waals surface area contributed by atoms with Crippen molar-refractivity contribution in [1.29, 1.82) is 0 Å². The second-order valence-corrected chi connectivity index (χ2v) is 6.82. The molecule has 1 unspecified atom stereocenters. The van der Waals surface area contributed by atoms with E-state index in [4.69, 9.17) is 9.47 Å². The van der Waals surface area contributed by atoms with Gasteiger partial charge in [-0.15, -0.1) is 0 Å². The molecule has 0 saturated carbocycles. The third kappa shape index (κ3) is 5.16. The predicted molar refractivity (Wildman–Crippen MR) is 101 cm³/mol. The van der Waals surface area contributed by atoms with E-state index >= 15 is 0 Å². The molecule has 1 saturated heterocycles. The normalized spacial score (nSPS) is 17.5. The highest BCUT2D eigenvalue weighted by Crippen LogP contribution is 2.25. The van der Waals surface area contributed by atoms with Gasteiger partial charge in [-0.1, -0.05) is 46.3 Å². The first-order chi connectivity index (χ1) is 12.6. The molecule has 0 spiro atoms. The Morgan fingerprint density at radius 3 is 2.88 bits per heavy atom. The Balaban J connectivity index is 1.54. The highest BCUT2D eigenvalue weighted by Gasteiger charge is 2.21. The van der Waals surface area contributed by atoms with Crippen LogP contribution in [0.1, 0.15) is 5.56 Å². The molecule has 136 valence electrons. The van der Waals surface area contributed by atoms with Crippen LogP contribution in [0.25, 0.3) is 0 Å². The maximum Gasteiger partial charge on any atom is 0.330 e. The van der Waals surface area contributed by atoms with Crippen LogP contribution >= 0.6 is 15.9 Å². The first-order valence-electron chi connectivity index (χ1n) is 8.32. The van der Waals surface area contributed by atoms with Crippen molar-refractivity contribution >= 4 is 27.6 Å². The Hall–Kier alpha value is -2.18. The van der Waals surface area contributed by atoms with Gasteiger partial charge in [-0.05, 0) is 29.8 Å². The van der Waals surface area contributed by atoms with E-state index in [1.165, 1.54) is 12.1 Å². The van der Waals surface area contributed by atoms with Crippen LogP contribution in [0.2, 0.25) is 0 Å². The van der Waals surface area contributed by atoms with Crippen LogP contribution in [-0.4, -0.2) is 31.8 Å². The van der Waals surface area contributed by atoms with Gasteiger partial charge >= 0.3 is 5.97 Å². The molecule has 1 fully saturated rings. The minimum atomic E-state index is -0.426. The molecule has 4 nitrogen and oxygen atoms in total. The van der Waals surface area contributed by atoms with E-state index in [-0.39, 0.29) is 18.5 Å². The van der Waals surface area contributed by atoms with Crippen molar-refractivity contribution in [2.24, 2.45) is 0 Å². The first-order valence-corrected chi connectivity index (χ1v) is 9.11. The lowest BCUT2D eigenvalue weighted by Gasteiger charge is -2.33. The zero-order chi connectivity index (χ0) is 18.4. The molecular formula is C20H19BrFNO3. The van der Waals surface area contributed by atoms with E-state index in [1.807, 2.05) is 35.2 Å². The van der Waals surface area contributed by atoms with Gasteiger partial charge in [0.1, 0.15) is 12.4 Å². The quantitative estimate of drug-likeness (QED) is 0.540. The molecule has 0 aromatic heterocycles. The molecule has 0 amide bonds. The highest BCUT2D eigenvalue weighted by atomic mass is 79.9. The SMILES string of the molecule is O=C(/C=C/C1CN(c2ccc(Br)cc2F)CCO1)OCc1ccccc1. The van der Waals surface area contributed by atoms with Gasteiger partial charge in [0.15, 0.2) is 0 Å². The fourth-order valence-electron chi connectivity index (χ4n) is 2.71. The van der Waals surface area contributed by atoms with Crippen LogP contribution < -0.4 is 4.90 Å². The van der Waals surface area contributed by atoms with Crippen LogP contribution in [0.5, 0.6) is 0 Å². The summed E-state index contributed by atoms with van der Waals surface area (Å²) in [6.45, 7) is 1.76. The van der Waals surface area contributed by atoms with Gasteiger partial charge in [-0.2, -0.15) is 0 Å². The maximum atomic E-state index is 14.1. The summed E-state index contributed by atoms with van der Waals surface area (Å²) < 4.78 is 25.7. The number of carbonyl (C=O) groups excluding carboxylic acids is 1. The minimum absolute atomic E-state index is 0.228. The third-order valence-corrected chi connectivity index (χ3v) is 4.51. The number of hydrogen-bond acceptors (Lipinski definition) is 4. The number of morpholine rings is 1. The summed E-state index contributed by atoms with van der Waals surface area (Å²) in [4.78, 5) is 13.8. The Morgan fingerprint density at radius 2 is 2.12 bits per heavy atom. The lowest BCUT2D eigenvalue weighted by Crippen LogP contribution is -2.42. The van der Waals surface area contributed by atoms with E-state index in [2.05, 4.69) is 15.9 Å². The number of nitrogens with zero attached hydrogens (tertiary/aromatic N) is 1. The molecule has 2 aromatic carbocycles.